The highest BCUT2D eigenvalue weighted by molar-refractivity contribution is 7.99. The summed E-state index contributed by atoms with van der Waals surface area (Å²) < 4.78 is 13.7. The summed E-state index contributed by atoms with van der Waals surface area (Å²) in [6.45, 7) is 4.01. The molecule has 6 heteroatoms. The molecular weight excluding hydrogens is 253 g/mol. The molecule has 18 heavy (non-hydrogen) atoms. The number of primary amides is 1. The lowest BCUT2D eigenvalue weighted by atomic mass is 10.1. The topological polar surface area (TPSA) is 81.1 Å². The number of thioether (sulfide) groups is 1. The van der Waals surface area contributed by atoms with Crippen LogP contribution in [0.1, 0.15) is 24.2 Å². The quantitative estimate of drug-likeness (QED) is 0.692. The van der Waals surface area contributed by atoms with Gasteiger partial charge in [-0.2, -0.15) is 11.8 Å². The third-order valence-corrected chi connectivity index (χ3v) is 3.52. The van der Waals surface area contributed by atoms with Crippen LogP contribution in [0.2, 0.25) is 0 Å². The van der Waals surface area contributed by atoms with Crippen molar-refractivity contribution < 1.29 is 9.18 Å². The molecular formula is C12H18FN3OS. The first kappa shape index (κ1) is 14.6. The van der Waals surface area contributed by atoms with Crippen LogP contribution in [0.25, 0.3) is 0 Å². The number of amides is 1. The predicted octanol–water partition coefficient (Wildman–Crippen LogP) is 2.06. The molecule has 1 aromatic rings. The van der Waals surface area contributed by atoms with Crippen LogP contribution in [0.3, 0.4) is 0 Å². The standard InChI is InChI=1S/C12H18FN3OS/c1-3-18-6-7(2)16-11-4-8(12(15)17)10(14)5-9(11)13/h4-5,7,16H,3,6,14H2,1-2H3,(H2,15,17). The third-order valence-electron chi connectivity index (χ3n) is 2.38. The minimum Gasteiger partial charge on any atom is -0.398 e. The van der Waals surface area contributed by atoms with Gasteiger partial charge in [0, 0.05) is 17.5 Å². The highest BCUT2D eigenvalue weighted by Crippen LogP contribution is 2.23. The van der Waals surface area contributed by atoms with E-state index in [-0.39, 0.29) is 23.0 Å². The zero-order valence-electron chi connectivity index (χ0n) is 10.5. The van der Waals surface area contributed by atoms with Crippen molar-refractivity contribution in [3.63, 3.8) is 0 Å². The highest BCUT2D eigenvalue weighted by Gasteiger charge is 2.13. The molecule has 1 unspecified atom stereocenters. The molecule has 0 fully saturated rings. The molecule has 0 aliphatic heterocycles. The zero-order chi connectivity index (χ0) is 13.7. The van der Waals surface area contributed by atoms with E-state index in [1.54, 1.807) is 11.8 Å². The maximum Gasteiger partial charge on any atom is 0.250 e. The molecule has 0 radical (unpaired) electrons. The Hall–Kier alpha value is -1.43. The summed E-state index contributed by atoms with van der Waals surface area (Å²) >= 11 is 1.75. The Morgan fingerprint density at radius 1 is 1.56 bits per heavy atom. The first-order chi connectivity index (χ1) is 8.45. The van der Waals surface area contributed by atoms with Crippen molar-refractivity contribution in [2.45, 2.75) is 19.9 Å². The van der Waals surface area contributed by atoms with Crippen LogP contribution in [-0.2, 0) is 0 Å². The number of benzene rings is 1. The molecule has 0 spiro atoms. The molecule has 100 valence electrons. The fourth-order valence-corrected chi connectivity index (χ4v) is 2.19. The molecule has 1 atom stereocenters. The molecule has 0 aliphatic carbocycles. The summed E-state index contributed by atoms with van der Waals surface area (Å²) in [7, 11) is 0. The van der Waals surface area contributed by atoms with Gasteiger partial charge in [-0.25, -0.2) is 4.39 Å². The van der Waals surface area contributed by atoms with E-state index in [0.29, 0.717) is 0 Å². The Morgan fingerprint density at radius 3 is 2.78 bits per heavy atom. The molecule has 5 N–H and O–H groups in total. The number of rotatable bonds is 6. The van der Waals surface area contributed by atoms with Crippen LogP contribution in [-0.4, -0.2) is 23.5 Å². The summed E-state index contributed by atoms with van der Waals surface area (Å²) in [6.07, 6.45) is 0. The van der Waals surface area contributed by atoms with Crippen LogP contribution in [0.15, 0.2) is 12.1 Å². The number of hydrogen-bond donors (Lipinski definition) is 3. The van der Waals surface area contributed by atoms with Gasteiger partial charge in [0.15, 0.2) is 0 Å². The lowest BCUT2D eigenvalue weighted by Gasteiger charge is -2.16. The molecule has 0 saturated carbocycles. The largest absolute Gasteiger partial charge is 0.398 e. The second-order valence-electron chi connectivity index (χ2n) is 3.99. The molecule has 1 amide bonds. The van der Waals surface area contributed by atoms with Crippen molar-refractivity contribution in [2.24, 2.45) is 5.73 Å². The van der Waals surface area contributed by atoms with Crippen LogP contribution in [0.5, 0.6) is 0 Å². The van der Waals surface area contributed by atoms with Crippen molar-refractivity contribution in [2.75, 3.05) is 22.6 Å². The molecule has 1 rings (SSSR count). The second kappa shape index (κ2) is 6.49. The van der Waals surface area contributed by atoms with Gasteiger partial charge in [0.25, 0.3) is 5.91 Å². The number of nitrogens with one attached hydrogen (secondary N) is 1. The molecule has 1 aromatic carbocycles. The summed E-state index contributed by atoms with van der Waals surface area (Å²) in [5, 5.41) is 3.01. The molecule has 0 aromatic heterocycles. The summed E-state index contributed by atoms with van der Waals surface area (Å²) in [5.41, 5.74) is 11.1. The van der Waals surface area contributed by atoms with Crippen LogP contribution in [0, 0.1) is 5.82 Å². The summed E-state index contributed by atoms with van der Waals surface area (Å²) in [4.78, 5) is 11.1. The number of carbonyl (C=O) groups excluding carboxylic acids is 1. The lowest BCUT2D eigenvalue weighted by molar-refractivity contribution is 0.100. The van der Waals surface area contributed by atoms with E-state index in [1.165, 1.54) is 6.07 Å². The fraction of sp³-hybridized carbons (Fsp3) is 0.417. The van der Waals surface area contributed by atoms with E-state index in [4.69, 9.17) is 11.5 Å². The monoisotopic (exact) mass is 271 g/mol. The van der Waals surface area contributed by atoms with Gasteiger partial charge in [0.2, 0.25) is 0 Å². The normalized spacial score (nSPS) is 12.2. The van der Waals surface area contributed by atoms with Gasteiger partial charge in [0.1, 0.15) is 5.82 Å². The number of hydrogen-bond acceptors (Lipinski definition) is 4. The third kappa shape index (κ3) is 3.80. The predicted molar refractivity (Wildman–Crippen MR) is 75.4 cm³/mol. The van der Waals surface area contributed by atoms with E-state index in [2.05, 4.69) is 12.2 Å². The maximum absolute atomic E-state index is 13.7. The zero-order valence-corrected chi connectivity index (χ0v) is 11.3. The van der Waals surface area contributed by atoms with Crippen molar-refractivity contribution in [1.82, 2.24) is 0 Å². The van der Waals surface area contributed by atoms with E-state index < -0.39 is 11.7 Å². The van der Waals surface area contributed by atoms with Gasteiger partial charge >= 0.3 is 0 Å². The second-order valence-corrected chi connectivity index (χ2v) is 5.31. The number of nitrogen functional groups attached to an aromatic ring is 1. The number of halogens is 1. The summed E-state index contributed by atoms with van der Waals surface area (Å²) in [5.74, 6) is 0.714. The Kier molecular flexibility index (Phi) is 5.27. The highest BCUT2D eigenvalue weighted by atomic mass is 32.2. The minimum absolute atomic E-state index is 0.0566. The molecule has 0 heterocycles. The first-order valence-electron chi connectivity index (χ1n) is 5.68. The maximum atomic E-state index is 13.7. The van der Waals surface area contributed by atoms with Gasteiger partial charge in [-0.05, 0) is 24.8 Å². The van der Waals surface area contributed by atoms with E-state index >= 15 is 0 Å². The smallest absolute Gasteiger partial charge is 0.250 e. The SMILES string of the molecule is CCSCC(C)Nc1cc(C(N)=O)c(N)cc1F. The number of anilines is 2. The average Bonchev–Trinajstić information content (AvgIpc) is 2.29. The van der Waals surface area contributed by atoms with Crippen LogP contribution >= 0.6 is 11.8 Å². The van der Waals surface area contributed by atoms with Gasteiger partial charge in [0.05, 0.1) is 11.3 Å². The molecule has 0 bridgehead atoms. The average molecular weight is 271 g/mol. The molecule has 4 nitrogen and oxygen atoms in total. The minimum atomic E-state index is -0.661. The number of carbonyl (C=O) groups is 1. The van der Waals surface area contributed by atoms with Crippen molar-refractivity contribution in [3.8, 4) is 0 Å². The van der Waals surface area contributed by atoms with Crippen LogP contribution in [0.4, 0.5) is 15.8 Å². The Morgan fingerprint density at radius 2 is 2.22 bits per heavy atom. The molecule has 0 saturated heterocycles. The first-order valence-corrected chi connectivity index (χ1v) is 6.84. The Labute approximate surface area is 110 Å². The van der Waals surface area contributed by atoms with Gasteiger partial charge < -0.3 is 16.8 Å². The Bertz CT molecular complexity index is 440. The van der Waals surface area contributed by atoms with Gasteiger partial charge in [-0.15, -0.1) is 0 Å². The van der Waals surface area contributed by atoms with Crippen molar-refractivity contribution in [1.29, 1.82) is 0 Å². The molecule has 0 aliphatic rings. The van der Waals surface area contributed by atoms with E-state index in [1.807, 2.05) is 6.92 Å². The number of nitrogens with two attached hydrogens (primary N) is 2. The van der Waals surface area contributed by atoms with Crippen LogP contribution < -0.4 is 16.8 Å². The van der Waals surface area contributed by atoms with Crippen molar-refractivity contribution >= 4 is 29.0 Å². The fourth-order valence-electron chi connectivity index (χ4n) is 1.51. The lowest BCUT2D eigenvalue weighted by Crippen LogP contribution is -2.20. The van der Waals surface area contributed by atoms with Gasteiger partial charge in [-0.3, -0.25) is 4.79 Å². The Balaban J connectivity index is 2.88. The van der Waals surface area contributed by atoms with Gasteiger partial charge in [-0.1, -0.05) is 6.92 Å². The van der Waals surface area contributed by atoms with Crippen molar-refractivity contribution in [3.05, 3.63) is 23.5 Å². The van der Waals surface area contributed by atoms with E-state index in [0.717, 1.165) is 17.6 Å². The summed E-state index contributed by atoms with van der Waals surface area (Å²) in [6, 6.07) is 2.57. The van der Waals surface area contributed by atoms with E-state index in [9.17, 15) is 9.18 Å².